The molecule has 0 radical (unpaired) electrons. The van der Waals surface area contributed by atoms with Crippen molar-refractivity contribution in [3.63, 3.8) is 0 Å². The maximum atomic E-state index is 8.12. The Bertz CT molecular complexity index is 174. The predicted octanol–water partition coefficient (Wildman–Crippen LogP) is 2.56. The third-order valence-electron chi connectivity index (χ3n) is 2.07. The molecule has 0 N–H and O–H groups in total. The van der Waals surface area contributed by atoms with Crippen LogP contribution in [0.4, 0.5) is 0 Å². The second-order valence-electron chi connectivity index (χ2n) is 3.26. The standard InChI is InChI=1S/C9H16.CO2/c1-8(2)9-6-4-3-5-7-9;2-1-3/h6,8H,3-5,7H2,1-2H3;. The van der Waals surface area contributed by atoms with Crippen LogP contribution >= 0.6 is 0 Å². The van der Waals surface area contributed by atoms with Gasteiger partial charge in [0, 0.05) is 0 Å². The average Bonchev–Trinajstić information content (AvgIpc) is 2.07. The zero-order chi connectivity index (χ0) is 9.40. The van der Waals surface area contributed by atoms with Crippen LogP contribution in [0, 0.1) is 5.92 Å². The Hall–Kier alpha value is -0.880. The summed E-state index contributed by atoms with van der Waals surface area (Å²) in [4.78, 5) is 16.2. The highest BCUT2D eigenvalue weighted by Gasteiger charge is 2.05. The third kappa shape index (κ3) is 4.86. The van der Waals surface area contributed by atoms with Gasteiger partial charge < -0.3 is 0 Å². The minimum atomic E-state index is 0.250. The molecule has 0 unspecified atom stereocenters. The number of allylic oxidation sites excluding steroid dienone is 2. The van der Waals surface area contributed by atoms with Crippen molar-refractivity contribution in [1.82, 2.24) is 0 Å². The van der Waals surface area contributed by atoms with E-state index in [2.05, 4.69) is 19.9 Å². The Morgan fingerprint density at radius 1 is 1.33 bits per heavy atom. The summed E-state index contributed by atoms with van der Waals surface area (Å²) in [6.45, 7) is 4.58. The van der Waals surface area contributed by atoms with Crippen molar-refractivity contribution in [2.75, 3.05) is 0 Å². The maximum absolute atomic E-state index is 8.12. The summed E-state index contributed by atoms with van der Waals surface area (Å²) in [7, 11) is 0. The molecule has 0 atom stereocenters. The first-order valence-corrected chi connectivity index (χ1v) is 4.40. The number of hydrogen-bond acceptors (Lipinski definition) is 2. The highest BCUT2D eigenvalue weighted by Crippen LogP contribution is 2.23. The van der Waals surface area contributed by atoms with Gasteiger partial charge in [0.25, 0.3) is 0 Å². The van der Waals surface area contributed by atoms with E-state index in [0.717, 1.165) is 5.92 Å². The van der Waals surface area contributed by atoms with Gasteiger partial charge in [-0.05, 0) is 31.6 Å². The minimum Gasteiger partial charge on any atom is -0.186 e. The number of carbonyl (C=O) groups excluding carboxylic acids is 2. The maximum Gasteiger partial charge on any atom is 0.373 e. The van der Waals surface area contributed by atoms with Crippen molar-refractivity contribution < 1.29 is 9.59 Å². The highest BCUT2D eigenvalue weighted by molar-refractivity contribution is 5.20. The van der Waals surface area contributed by atoms with Crippen molar-refractivity contribution in [1.29, 1.82) is 0 Å². The smallest absolute Gasteiger partial charge is 0.186 e. The summed E-state index contributed by atoms with van der Waals surface area (Å²) >= 11 is 0. The van der Waals surface area contributed by atoms with E-state index in [4.69, 9.17) is 9.59 Å². The molecule has 0 fully saturated rings. The molecule has 1 rings (SSSR count). The van der Waals surface area contributed by atoms with Crippen molar-refractivity contribution in [2.45, 2.75) is 39.5 Å². The molecule has 0 amide bonds. The van der Waals surface area contributed by atoms with Gasteiger partial charge in [0.1, 0.15) is 0 Å². The Labute approximate surface area is 73.7 Å². The molecular formula is C10H16O2. The molecule has 0 aromatic carbocycles. The summed E-state index contributed by atoms with van der Waals surface area (Å²) in [5, 5.41) is 0. The van der Waals surface area contributed by atoms with Crippen LogP contribution in [0.15, 0.2) is 11.6 Å². The fraction of sp³-hybridized carbons (Fsp3) is 0.700. The lowest BCUT2D eigenvalue weighted by atomic mass is 9.92. The van der Waals surface area contributed by atoms with Crippen LogP contribution in [0.25, 0.3) is 0 Å². The molecule has 0 heterocycles. The molecule has 0 aliphatic heterocycles. The lowest BCUT2D eigenvalue weighted by molar-refractivity contribution is -0.191. The monoisotopic (exact) mass is 168 g/mol. The number of hydrogen-bond donors (Lipinski definition) is 0. The molecule has 0 bridgehead atoms. The van der Waals surface area contributed by atoms with Gasteiger partial charge in [0.05, 0.1) is 0 Å². The first-order valence-electron chi connectivity index (χ1n) is 4.40. The summed E-state index contributed by atoms with van der Waals surface area (Å²) in [5.41, 5.74) is 1.68. The van der Waals surface area contributed by atoms with Crippen LogP contribution in [0.5, 0.6) is 0 Å². The lowest BCUT2D eigenvalue weighted by Crippen LogP contribution is -1.98. The Balaban J connectivity index is 0.000000354. The summed E-state index contributed by atoms with van der Waals surface area (Å²) in [5.74, 6) is 0.797. The third-order valence-corrected chi connectivity index (χ3v) is 2.07. The van der Waals surface area contributed by atoms with Gasteiger partial charge in [0.2, 0.25) is 0 Å². The van der Waals surface area contributed by atoms with E-state index in [-0.39, 0.29) is 6.15 Å². The van der Waals surface area contributed by atoms with Crippen LogP contribution in [0.3, 0.4) is 0 Å². The molecule has 2 heteroatoms. The van der Waals surface area contributed by atoms with Crippen molar-refractivity contribution in [3.05, 3.63) is 11.6 Å². The topological polar surface area (TPSA) is 34.1 Å². The van der Waals surface area contributed by atoms with E-state index in [9.17, 15) is 0 Å². The van der Waals surface area contributed by atoms with Gasteiger partial charge >= 0.3 is 6.15 Å². The second-order valence-corrected chi connectivity index (χ2v) is 3.26. The first kappa shape index (κ1) is 11.1. The van der Waals surface area contributed by atoms with Gasteiger partial charge in [-0.2, -0.15) is 9.59 Å². The molecule has 12 heavy (non-hydrogen) atoms. The van der Waals surface area contributed by atoms with Gasteiger partial charge in [-0.15, -0.1) is 0 Å². The molecule has 0 saturated carbocycles. The summed E-state index contributed by atoms with van der Waals surface area (Å²) in [6, 6.07) is 0. The quantitative estimate of drug-likeness (QED) is 0.564. The molecule has 0 aromatic heterocycles. The van der Waals surface area contributed by atoms with E-state index in [1.54, 1.807) is 5.57 Å². The summed E-state index contributed by atoms with van der Waals surface area (Å²) in [6.07, 6.45) is 8.19. The largest absolute Gasteiger partial charge is 0.373 e. The van der Waals surface area contributed by atoms with Crippen molar-refractivity contribution in [2.24, 2.45) is 5.92 Å². The first-order chi connectivity index (χ1) is 5.72. The zero-order valence-corrected chi connectivity index (χ0v) is 7.80. The molecular weight excluding hydrogens is 152 g/mol. The SMILES string of the molecule is CC(C)C1=CCCCC1.O=C=O. The van der Waals surface area contributed by atoms with Crippen LogP contribution < -0.4 is 0 Å². The van der Waals surface area contributed by atoms with Crippen LogP contribution in [0.2, 0.25) is 0 Å². The fourth-order valence-corrected chi connectivity index (χ4v) is 1.39. The van der Waals surface area contributed by atoms with Crippen molar-refractivity contribution >= 4 is 6.15 Å². The molecule has 0 aromatic rings. The molecule has 1 aliphatic carbocycles. The molecule has 1 aliphatic rings. The molecule has 0 saturated heterocycles. The lowest BCUT2D eigenvalue weighted by Gasteiger charge is -2.15. The van der Waals surface area contributed by atoms with Crippen molar-refractivity contribution in [3.8, 4) is 0 Å². The summed E-state index contributed by atoms with van der Waals surface area (Å²) < 4.78 is 0. The molecule has 68 valence electrons. The minimum absolute atomic E-state index is 0.250. The molecule has 0 spiro atoms. The van der Waals surface area contributed by atoms with Crippen LogP contribution in [-0.4, -0.2) is 6.15 Å². The van der Waals surface area contributed by atoms with Crippen LogP contribution in [-0.2, 0) is 9.59 Å². The normalized spacial score (nSPS) is 15.8. The highest BCUT2D eigenvalue weighted by atomic mass is 16.2. The van der Waals surface area contributed by atoms with E-state index in [1.807, 2.05) is 0 Å². The van der Waals surface area contributed by atoms with E-state index in [0.29, 0.717) is 0 Å². The zero-order valence-electron chi connectivity index (χ0n) is 7.80. The van der Waals surface area contributed by atoms with Gasteiger partial charge in [0.15, 0.2) is 0 Å². The van der Waals surface area contributed by atoms with Gasteiger partial charge in [-0.25, -0.2) is 0 Å². The van der Waals surface area contributed by atoms with E-state index < -0.39 is 0 Å². The van der Waals surface area contributed by atoms with E-state index in [1.165, 1.54) is 25.7 Å². The second kappa shape index (κ2) is 6.81. The Morgan fingerprint density at radius 3 is 2.17 bits per heavy atom. The molecule has 2 nitrogen and oxygen atoms in total. The Morgan fingerprint density at radius 2 is 1.92 bits per heavy atom. The van der Waals surface area contributed by atoms with Gasteiger partial charge in [-0.3, -0.25) is 0 Å². The predicted molar refractivity (Wildman–Crippen MR) is 46.4 cm³/mol. The number of rotatable bonds is 1. The average molecular weight is 168 g/mol. The van der Waals surface area contributed by atoms with Gasteiger partial charge in [-0.1, -0.05) is 25.5 Å². The Kier molecular flexibility index (Phi) is 6.31. The van der Waals surface area contributed by atoms with E-state index >= 15 is 0 Å². The fourth-order valence-electron chi connectivity index (χ4n) is 1.39. The van der Waals surface area contributed by atoms with Crippen LogP contribution in [0.1, 0.15) is 39.5 Å².